The Balaban J connectivity index is 2.17. The Kier molecular flexibility index (Phi) is 7.38. The molecule has 1 atom stereocenters. The Morgan fingerprint density at radius 1 is 1.40 bits per heavy atom. The minimum atomic E-state index is -1.09. The summed E-state index contributed by atoms with van der Waals surface area (Å²) in [4.78, 5) is 37.5. The van der Waals surface area contributed by atoms with Crippen molar-refractivity contribution < 1.29 is 19.2 Å². The predicted molar refractivity (Wildman–Crippen MR) is 111 cm³/mol. The number of nitriles is 1. The highest BCUT2D eigenvalue weighted by Crippen LogP contribution is 2.30. The van der Waals surface area contributed by atoms with E-state index in [9.17, 15) is 25.0 Å². The van der Waals surface area contributed by atoms with Crippen LogP contribution in [0.15, 0.2) is 18.2 Å². The number of nitro groups is 1. The van der Waals surface area contributed by atoms with Crippen molar-refractivity contribution >= 4 is 23.3 Å². The number of benzene rings is 1. The second kappa shape index (κ2) is 9.57. The smallest absolute Gasteiger partial charge is 0.341 e. The SMILES string of the molecule is CC1CCN(c2ccc([N+](=O)[O-])cc2C(=O)OCC(=O)N[C@@](C)(C#N)C(C)C)CC1. The zero-order valence-electron chi connectivity index (χ0n) is 17.8. The van der Waals surface area contributed by atoms with Gasteiger partial charge in [-0.25, -0.2) is 4.79 Å². The lowest BCUT2D eigenvalue weighted by molar-refractivity contribution is -0.384. The minimum Gasteiger partial charge on any atom is -0.452 e. The second-order valence-corrected chi connectivity index (χ2v) is 8.22. The molecule has 1 aromatic rings. The van der Waals surface area contributed by atoms with Gasteiger partial charge in [0.1, 0.15) is 5.54 Å². The first-order chi connectivity index (χ1) is 14.1. The maximum atomic E-state index is 12.7. The van der Waals surface area contributed by atoms with Crippen LogP contribution < -0.4 is 10.2 Å². The van der Waals surface area contributed by atoms with E-state index in [-0.39, 0.29) is 17.2 Å². The quantitative estimate of drug-likeness (QED) is 0.411. The van der Waals surface area contributed by atoms with Crippen molar-refractivity contribution in [2.45, 2.75) is 46.1 Å². The molecule has 9 heteroatoms. The Morgan fingerprint density at radius 3 is 2.57 bits per heavy atom. The molecular formula is C21H28N4O5. The average molecular weight is 416 g/mol. The van der Waals surface area contributed by atoms with Crippen LogP contribution in [-0.4, -0.2) is 42.0 Å². The van der Waals surface area contributed by atoms with E-state index in [0.717, 1.165) is 25.9 Å². The third-order valence-corrected chi connectivity index (χ3v) is 5.66. The number of esters is 1. The molecule has 1 aromatic carbocycles. The fraction of sp³-hybridized carbons (Fsp3) is 0.571. The molecule has 0 bridgehead atoms. The van der Waals surface area contributed by atoms with Crippen molar-refractivity contribution in [3.05, 3.63) is 33.9 Å². The van der Waals surface area contributed by atoms with E-state index in [1.54, 1.807) is 26.8 Å². The maximum Gasteiger partial charge on any atom is 0.341 e. The number of nitro benzene ring substituents is 1. The summed E-state index contributed by atoms with van der Waals surface area (Å²) >= 11 is 0. The minimum absolute atomic E-state index is 0.0541. The molecule has 1 fully saturated rings. The molecule has 0 aromatic heterocycles. The summed E-state index contributed by atoms with van der Waals surface area (Å²) in [6, 6.07) is 6.14. The molecule has 2 rings (SSSR count). The molecule has 0 radical (unpaired) electrons. The highest BCUT2D eigenvalue weighted by Gasteiger charge is 2.31. The van der Waals surface area contributed by atoms with E-state index in [1.165, 1.54) is 12.1 Å². The number of nitrogens with zero attached hydrogens (tertiary/aromatic N) is 3. The summed E-state index contributed by atoms with van der Waals surface area (Å²) < 4.78 is 5.14. The van der Waals surface area contributed by atoms with E-state index < -0.39 is 28.9 Å². The first-order valence-electron chi connectivity index (χ1n) is 10.00. The van der Waals surface area contributed by atoms with Gasteiger partial charge in [-0.15, -0.1) is 0 Å². The monoisotopic (exact) mass is 416 g/mol. The lowest BCUT2D eigenvalue weighted by Crippen LogP contribution is -2.50. The zero-order chi connectivity index (χ0) is 22.5. The molecular weight excluding hydrogens is 388 g/mol. The molecule has 162 valence electrons. The standard InChI is InChI=1S/C21H28N4O5/c1-14(2)21(4,13-22)23-19(26)12-30-20(27)17-11-16(25(28)29)5-6-18(17)24-9-7-15(3)8-10-24/h5-6,11,14-15H,7-10,12H2,1-4H3,(H,23,26)/t21-/m0/s1. The van der Waals surface area contributed by atoms with E-state index in [2.05, 4.69) is 12.2 Å². The summed E-state index contributed by atoms with van der Waals surface area (Å²) in [5.74, 6) is -0.994. The van der Waals surface area contributed by atoms with Crippen LogP contribution >= 0.6 is 0 Å². The average Bonchev–Trinajstić information content (AvgIpc) is 2.71. The van der Waals surface area contributed by atoms with Crippen LogP contribution in [0.5, 0.6) is 0 Å². The van der Waals surface area contributed by atoms with Crippen LogP contribution in [0, 0.1) is 33.3 Å². The first kappa shape index (κ1) is 23.1. The third kappa shape index (κ3) is 5.47. The lowest BCUT2D eigenvalue weighted by Gasteiger charge is -2.33. The molecule has 0 unspecified atom stereocenters. The predicted octanol–water partition coefficient (Wildman–Crippen LogP) is 3.04. The van der Waals surface area contributed by atoms with Gasteiger partial charge in [0.05, 0.1) is 22.2 Å². The van der Waals surface area contributed by atoms with Gasteiger partial charge >= 0.3 is 5.97 Å². The largest absolute Gasteiger partial charge is 0.452 e. The van der Waals surface area contributed by atoms with Crippen molar-refractivity contribution in [3.8, 4) is 6.07 Å². The fourth-order valence-corrected chi connectivity index (χ4v) is 3.16. The summed E-state index contributed by atoms with van der Waals surface area (Å²) in [7, 11) is 0. The van der Waals surface area contributed by atoms with Gasteiger partial charge in [0.15, 0.2) is 6.61 Å². The topological polar surface area (TPSA) is 126 Å². The number of non-ortho nitro benzene ring substituents is 1. The van der Waals surface area contributed by atoms with Gasteiger partial charge in [-0.05, 0) is 37.7 Å². The fourth-order valence-electron chi connectivity index (χ4n) is 3.16. The van der Waals surface area contributed by atoms with E-state index in [1.807, 2.05) is 11.0 Å². The van der Waals surface area contributed by atoms with Crippen LogP contribution in [-0.2, 0) is 9.53 Å². The number of hydrogen-bond donors (Lipinski definition) is 1. The molecule has 0 spiro atoms. The second-order valence-electron chi connectivity index (χ2n) is 8.22. The van der Waals surface area contributed by atoms with Gasteiger partial charge in [0.25, 0.3) is 11.6 Å². The number of nitrogens with one attached hydrogen (secondary N) is 1. The van der Waals surface area contributed by atoms with Crippen molar-refractivity contribution in [3.63, 3.8) is 0 Å². The van der Waals surface area contributed by atoms with Gasteiger partial charge in [0, 0.05) is 25.2 Å². The number of carbonyl (C=O) groups excluding carboxylic acids is 2. The van der Waals surface area contributed by atoms with Gasteiger partial charge in [-0.1, -0.05) is 20.8 Å². The maximum absolute atomic E-state index is 12.7. The highest BCUT2D eigenvalue weighted by atomic mass is 16.6. The van der Waals surface area contributed by atoms with Crippen LogP contribution in [0.3, 0.4) is 0 Å². The van der Waals surface area contributed by atoms with Gasteiger partial charge in [-0.3, -0.25) is 14.9 Å². The molecule has 1 saturated heterocycles. The lowest BCUT2D eigenvalue weighted by atomic mass is 9.90. The van der Waals surface area contributed by atoms with Crippen LogP contribution in [0.2, 0.25) is 0 Å². The van der Waals surface area contributed by atoms with Crippen LogP contribution in [0.1, 0.15) is 50.9 Å². The van der Waals surface area contributed by atoms with E-state index in [0.29, 0.717) is 11.6 Å². The van der Waals surface area contributed by atoms with Crippen molar-refractivity contribution in [1.29, 1.82) is 5.26 Å². The van der Waals surface area contributed by atoms with E-state index in [4.69, 9.17) is 4.74 Å². The van der Waals surface area contributed by atoms with Gasteiger partial charge in [-0.2, -0.15) is 5.26 Å². The molecule has 0 aliphatic carbocycles. The molecule has 1 N–H and O–H groups in total. The number of piperidine rings is 1. The Labute approximate surface area is 176 Å². The number of rotatable bonds is 7. The third-order valence-electron chi connectivity index (χ3n) is 5.66. The molecule has 9 nitrogen and oxygen atoms in total. The van der Waals surface area contributed by atoms with E-state index >= 15 is 0 Å². The number of carbonyl (C=O) groups is 2. The number of amides is 1. The molecule has 1 amide bonds. The Bertz CT molecular complexity index is 855. The van der Waals surface area contributed by atoms with Gasteiger partial charge < -0.3 is 15.0 Å². The highest BCUT2D eigenvalue weighted by molar-refractivity contribution is 5.97. The molecule has 1 heterocycles. The van der Waals surface area contributed by atoms with Crippen molar-refractivity contribution in [2.75, 3.05) is 24.6 Å². The zero-order valence-corrected chi connectivity index (χ0v) is 17.8. The summed E-state index contributed by atoms with van der Waals surface area (Å²) in [5.41, 5.74) is -0.706. The number of anilines is 1. The Hall–Kier alpha value is -3.15. The summed E-state index contributed by atoms with van der Waals surface area (Å²) in [6.07, 6.45) is 1.91. The van der Waals surface area contributed by atoms with Crippen LogP contribution in [0.25, 0.3) is 0 Å². The van der Waals surface area contributed by atoms with Crippen molar-refractivity contribution in [2.24, 2.45) is 11.8 Å². The van der Waals surface area contributed by atoms with Crippen molar-refractivity contribution in [1.82, 2.24) is 5.32 Å². The molecule has 1 aliphatic rings. The molecule has 30 heavy (non-hydrogen) atoms. The molecule has 0 saturated carbocycles. The number of ether oxygens (including phenoxy) is 1. The van der Waals surface area contributed by atoms with Crippen LogP contribution in [0.4, 0.5) is 11.4 Å². The first-order valence-corrected chi connectivity index (χ1v) is 10.00. The summed E-state index contributed by atoms with van der Waals surface area (Å²) in [5, 5.41) is 23.0. The van der Waals surface area contributed by atoms with Gasteiger partial charge in [0.2, 0.25) is 0 Å². The number of hydrogen-bond acceptors (Lipinski definition) is 7. The summed E-state index contributed by atoms with van der Waals surface area (Å²) in [6.45, 7) is 8.22. The Morgan fingerprint density at radius 2 is 2.03 bits per heavy atom. The molecule has 1 aliphatic heterocycles. The normalized spacial score (nSPS) is 16.5.